The van der Waals surface area contributed by atoms with Gasteiger partial charge in [-0.25, -0.2) is 35.1 Å². The smallest absolute Gasteiger partial charge is 0.188 e. The number of rotatable bonds is 0. The van der Waals surface area contributed by atoms with Gasteiger partial charge in [-0.3, -0.25) is 0 Å². The Morgan fingerprint density at radius 3 is 0.615 bits per heavy atom. The Morgan fingerprint density at radius 1 is 0.231 bits per heavy atom. The maximum absolute atomic E-state index is 16.6. The van der Waals surface area contributed by atoms with Crippen LogP contribution in [0.5, 0.6) is 0 Å². The van der Waals surface area contributed by atoms with Gasteiger partial charge in [0.2, 0.25) is 0 Å². The second-order valence-electron chi connectivity index (χ2n) is 12.8. The first-order valence-electron chi connectivity index (χ1n) is 16.0. The van der Waals surface area contributed by atoms with E-state index in [9.17, 15) is 0 Å². The monoisotopic (exact) mass is 704 g/mol. The van der Waals surface area contributed by atoms with E-state index in [0.29, 0.717) is 21.5 Å². The van der Waals surface area contributed by atoms with Crippen molar-refractivity contribution >= 4 is 87.2 Å². The van der Waals surface area contributed by atoms with Crippen LogP contribution in [0.25, 0.3) is 87.2 Å². The van der Waals surface area contributed by atoms with Gasteiger partial charge in [0.1, 0.15) is 22.1 Å². The van der Waals surface area contributed by atoms with Gasteiger partial charge in [0.15, 0.2) is 46.5 Å². The molecular formula is C40H16F8N4. The van der Waals surface area contributed by atoms with Crippen LogP contribution in [0.2, 0.25) is 0 Å². The first-order chi connectivity index (χ1) is 25.2. The van der Waals surface area contributed by atoms with Crippen molar-refractivity contribution in [1.82, 2.24) is 17.6 Å². The SMILES string of the molecule is Fc1c(F)c2c(F)c(F)c1n1ccc3c4ccccc4c4ccn(c5c(F)c(F)c(c(F)c5F)n5ccc6c7ccccc7c7ccn2c7c65)c4c31. The Kier molecular flexibility index (Phi) is 5.39. The lowest BCUT2D eigenvalue weighted by molar-refractivity contribution is 0.472. The number of fused-ring (bicyclic) bond motifs is 6. The summed E-state index contributed by atoms with van der Waals surface area (Å²) in [4.78, 5) is 0. The van der Waals surface area contributed by atoms with Crippen molar-refractivity contribution in [3.05, 3.63) is 144 Å². The van der Waals surface area contributed by atoms with Crippen LogP contribution in [-0.4, -0.2) is 17.6 Å². The Morgan fingerprint density at radius 2 is 0.423 bits per heavy atom. The molecule has 0 fully saturated rings. The summed E-state index contributed by atoms with van der Waals surface area (Å²) in [6.45, 7) is 0. The van der Waals surface area contributed by atoms with Gasteiger partial charge in [0, 0.05) is 46.3 Å². The minimum atomic E-state index is -1.75. The van der Waals surface area contributed by atoms with Crippen LogP contribution in [0.1, 0.15) is 0 Å². The predicted octanol–water partition coefficient (Wildman–Crippen LogP) is 11.3. The maximum Gasteiger partial charge on any atom is 0.188 e. The largest absolute Gasteiger partial charge is 0.309 e. The lowest BCUT2D eigenvalue weighted by Crippen LogP contribution is -2.06. The quantitative estimate of drug-likeness (QED) is 0.110. The molecule has 52 heavy (non-hydrogen) atoms. The Hall–Kier alpha value is -6.56. The van der Waals surface area contributed by atoms with Gasteiger partial charge in [0.25, 0.3) is 0 Å². The Balaban J connectivity index is 1.57. The molecule has 8 aromatic heterocycles. The highest BCUT2D eigenvalue weighted by Gasteiger charge is 2.29. The fraction of sp³-hybridized carbons (Fsp3) is 0. The standard InChI is InChI=1S/C40H16F8N4/c41-25-27(43)39-28(44)26(42)37(25)49-13-9-21-17-5-1-2-6-18(17)22-10-14-50(34(22)33(21)49)38-29(45)31(47)40(32(48)30(38)46)52-16-12-24-20-8-4-3-7-19(20)23-11-15-51(39)35(23)36(24)52/h1-16H. The molecule has 0 radical (unpaired) electrons. The topological polar surface area (TPSA) is 17.6 Å². The molecule has 252 valence electrons. The van der Waals surface area contributed by atoms with Gasteiger partial charge >= 0.3 is 0 Å². The van der Waals surface area contributed by atoms with Crippen LogP contribution in [0.4, 0.5) is 35.1 Å². The van der Waals surface area contributed by atoms with Crippen LogP contribution in [0.15, 0.2) is 97.6 Å². The highest BCUT2D eigenvalue weighted by atomic mass is 19.2. The van der Waals surface area contributed by atoms with Crippen molar-refractivity contribution in [2.24, 2.45) is 0 Å². The Labute approximate surface area is 283 Å². The van der Waals surface area contributed by atoms with Gasteiger partial charge in [-0.2, -0.15) is 0 Å². The third-order valence-electron chi connectivity index (χ3n) is 10.4. The van der Waals surface area contributed by atoms with Crippen molar-refractivity contribution in [2.75, 3.05) is 0 Å². The normalized spacial score (nSPS) is 12.6. The molecule has 14 rings (SSSR count). The van der Waals surface area contributed by atoms with E-state index in [1.54, 1.807) is 48.5 Å². The highest BCUT2D eigenvalue weighted by molar-refractivity contribution is 6.25. The van der Waals surface area contributed by atoms with E-state index >= 15 is 35.1 Å². The minimum Gasteiger partial charge on any atom is -0.309 e. The van der Waals surface area contributed by atoms with E-state index in [1.807, 2.05) is 0 Å². The molecule has 0 amide bonds. The zero-order valence-corrected chi connectivity index (χ0v) is 26.1. The van der Waals surface area contributed by atoms with Crippen molar-refractivity contribution in [3.63, 3.8) is 0 Å². The number of halogens is 8. The summed E-state index contributed by atoms with van der Waals surface area (Å²) < 4.78 is 136. The van der Waals surface area contributed by atoms with Crippen LogP contribution >= 0.6 is 0 Å². The summed E-state index contributed by atoms with van der Waals surface area (Å²) >= 11 is 0. The average molecular weight is 705 g/mol. The maximum atomic E-state index is 16.6. The van der Waals surface area contributed by atoms with Crippen molar-refractivity contribution in [1.29, 1.82) is 0 Å². The van der Waals surface area contributed by atoms with Crippen LogP contribution in [0.3, 0.4) is 0 Å². The molecule has 12 heteroatoms. The third-order valence-corrected chi connectivity index (χ3v) is 10.4. The van der Waals surface area contributed by atoms with Crippen molar-refractivity contribution in [3.8, 4) is 0 Å². The molecule has 0 spiro atoms. The van der Waals surface area contributed by atoms with Gasteiger partial charge in [-0.05, 0) is 45.8 Å². The van der Waals surface area contributed by atoms with Crippen molar-refractivity contribution < 1.29 is 35.1 Å². The second kappa shape index (κ2) is 9.60. The lowest BCUT2D eigenvalue weighted by atomic mass is 10.0. The van der Waals surface area contributed by atoms with E-state index in [1.165, 1.54) is 49.1 Å². The van der Waals surface area contributed by atoms with E-state index in [2.05, 4.69) is 0 Å². The second-order valence-corrected chi connectivity index (χ2v) is 12.8. The number of hydrogen-bond acceptors (Lipinski definition) is 0. The van der Waals surface area contributed by atoms with Gasteiger partial charge in [-0.1, -0.05) is 48.5 Å². The summed E-state index contributed by atoms with van der Waals surface area (Å²) in [5.41, 5.74) is -5.11. The van der Waals surface area contributed by atoms with Gasteiger partial charge in [0.05, 0.1) is 22.1 Å². The number of nitrogens with zero attached hydrogens (tertiary/aromatic N) is 4. The molecule has 0 aliphatic rings. The molecule has 0 N–H and O–H groups in total. The number of aromatic nitrogens is 4. The fourth-order valence-corrected chi connectivity index (χ4v) is 8.28. The molecule has 4 bridgehead atoms. The minimum absolute atomic E-state index is 0.133. The van der Waals surface area contributed by atoms with Crippen LogP contribution in [-0.2, 0) is 0 Å². The molecule has 0 aliphatic carbocycles. The van der Waals surface area contributed by atoms with E-state index < -0.39 is 68.6 Å². The molecule has 0 saturated carbocycles. The highest BCUT2D eigenvalue weighted by Crippen LogP contribution is 2.41. The van der Waals surface area contributed by atoms with E-state index in [-0.39, 0.29) is 43.6 Å². The van der Waals surface area contributed by atoms with Gasteiger partial charge < -0.3 is 17.6 Å². The molecule has 6 aromatic carbocycles. The fourth-order valence-electron chi connectivity index (χ4n) is 8.28. The van der Waals surface area contributed by atoms with Crippen molar-refractivity contribution in [2.45, 2.75) is 0 Å². The number of benzene rings is 6. The lowest BCUT2D eigenvalue weighted by Gasteiger charge is -2.13. The molecule has 0 atom stereocenters. The zero-order valence-electron chi connectivity index (χ0n) is 26.1. The summed E-state index contributed by atoms with van der Waals surface area (Å²) in [6, 6.07) is 19.2. The summed E-state index contributed by atoms with van der Waals surface area (Å²) in [6.07, 6.45) is 4.67. The molecule has 0 unspecified atom stereocenters. The first-order valence-corrected chi connectivity index (χ1v) is 16.0. The summed E-state index contributed by atoms with van der Waals surface area (Å²) in [5, 5.41) is 3.19. The molecule has 14 aromatic rings. The Bertz CT molecular complexity index is 2990. The average Bonchev–Trinajstić information content (AvgIpc) is 3.96. The molecule has 8 heterocycles. The van der Waals surface area contributed by atoms with E-state index in [4.69, 9.17) is 0 Å². The number of hydrogen-bond donors (Lipinski definition) is 0. The summed E-state index contributed by atoms with van der Waals surface area (Å²) in [5.74, 6) is -14.0. The molecule has 0 saturated heterocycles. The molecule has 0 aliphatic heterocycles. The summed E-state index contributed by atoms with van der Waals surface area (Å²) in [7, 11) is 0. The van der Waals surface area contributed by atoms with Crippen LogP contribution in [0, 0.1) is 46.5 Å². The van der Waals surface area contributed by atoms with Crippen LogP contribution < -0.4 is 0 Å². The zero-order chi connectivity index (χ0) is 35.5. The molecule has 4 nitrogen and oxygen atoms in total. The third kappa shape index (κ3) is 3.24. The predicted molar refractivity (Wildman–Crippen MR) is 184 cm³/mol. The molecular weight excluding hydrogens is 688 g/mol. The van der Waals surface area contributed by atoms with E-state index in [0.717, 1.165) is 17.6 Å². The first kappa shape index (κ1) is 29.2. The van der Waals surface area contributed by atoms with Gasteiger partial charge in [-0.15, -0.1) is 0 Å².